The maximum absolute atomic E-state index is 5.08. The second kappa shape index (κ2) is 24.1. The fourth-order valence-corrected chi connectivity index (χ4v) is 10.0. The largest absolute Gasteiger partial charge is 0.335 e. The summed E-state index contributed by atoms with van der Waals surface area (Å²) in [6.45, 7) is 16.6. The normalized spacial score (nSPS) is 15.8. The summed E-state index contributed by atoms with van der Waals surface area (Å²) >= 11 is 0. The molecule has 2 aliphatic rings. The van der Waals surface area contributed by atoms with Crippen molar-refractivity contribution in [2.45, 2.75) is 92.7 Å². The molecule has 1 fully saturated rings. The van der Waals surface area contributed by atoms with Crippen LogP contribution in [-0.4, -0.2) is 27.5 Å². The van der Waals surface area contributed by atoms with Crippen LogP contribution in [0.3, 0.4) is 0 Å². The van der Waals surface area contributed by atoms with E-state index in [4.69, 9.17) is 9.98 Å². The van der Waals surface area contributed by atoms with E-state index >= 15 is 0 Å². The fraction of sp³-hybridized carbons (Fsp3) is 0.215. The molecule has 358 valence electrons. The molecule has 1 aliphatic carbocycles. The lowest BCUT2D eigenvalue weighted by Gasteiger charge is -2.36. The Labute approximate surface area is 421 Å². The first kappa shape index (κ1) is 49.6. The number of para-hydroxylation sites is 2. The van der Waals surface area contributed by atoms with Gasteiger partial charge in [0.15, 0.2) is 11.7 Å². The summed E-state index contributed by atoms with van der Waals surface area (Å²) in [4.78, 5) is 17.0. The van der Waals surface area contributed by atoms with Crippen molar-refractivity contribution in [2.24, 2.45) is 15.0 Å². The average molecular weight is 933 g/mol. The van der Waals surface area contributed by atoms with Crippen molar-refractivity contribution in [3.63, 3.8) is 0 Å². The molecule has 3 heterocycles. The van der Waals surface area contributed by atoms with Gasteiger partial charge in [-0.25, -0.2) is 9.98 Å². The molecule has 0 atom stereocenters. The molecule has 0 bridgehead atoms. The third-order valence-corrected chi connectivity index (χ3v) is 13.3. The quantitative estimate of drug-likeness (QED) is 0.0808. The standard InChI is InChI=1S/C57H52N6.C6H10.C2H6/c1-4-6-25-47-36-41(5-2)49-37-50-53(63(45-28-17-10-18-29-45)54-48-30-19-20-31-51(48)62(55(50)54)44-26-15-9-16-27-44)38-52(49)61(47)46-34-32-43(33-35-46)57(59-39-40-21-11-7-12-22-40)60-56(58-3)42-23-13-8-14-24-42;1-3-5-6-4-2;1-2/h4-9,11-16,19-27,30-35,37-38,45H,3,10,17-18,28-29,36,39H2,1-2H3;3-6H,1-2H3;1-2H3/b6-4-,41-5+,47-25+,59-57?,60-56?;5-3-,6-4-;. The van der Waals surface area contributed by atoms with E-state index in [1.165, 1.54) is 93.2 Å². The Balaban J connectivity index is 0.000000788. The lowest BCUT2D eigenvalue weighted by Crippen LogP contribution is -2.22. The van der Waals surface area contributed by atoms with Gasteiger partial charge in [0.2, 0.25) is 0 Å². The van der Waals surface area contributed by atoms with E-state index in [1.807, 2.05) is 101 Å². The predicted molar refractivity (Wildman–Crippen MR) is 308 cm³/mol. The molecule has 8 aromatic rings. The van der Waals surface area contributed by atoms with Gasteiger partial charge in [-0.3, -0.25) is 4.99 Å². The number of allylic oxidation sites excluding steroid dienone is 9. The van der Waals surface area contributed by atoms with Crippen LogP contribution >= 0.6 is 0 Å². The van der Waals surface area contributed by atoms with Crippen LogP contribution in [0.25, 0.3) is 44.1 Å². The van der Waals surface area contributed by atoms with Gasteiger partial charge in [-0.05, 0) is 119 Å². The first-order chi connectivity index (χ1) is 35.1. The van der Waals surface area contributed by atoms with Crippen LogP contribution in [0.2, 0.25) is 0 Å². The van der Waals surface area contributed by atoms with Crippen molar-refractivity contribution in [1.29, 1.82) is 0 Å². The topological polar surface area (TPSA) is 50.2 Å². The third kappa shape index (κ3) is 10.7. The van der Waals surface area contributed by atoms with Crippen molar-refractivity contribution < 1.29 is 0 Å². The molecule has 0 radical (unpaired) electrons. The monoisotopic (exact) mass is 933 g/mol. The number of hydrogen-bond acceptors (Lipinski definition) is 2. The maximum Gasteiger partial charge on any atom is 0.161 e. The van der Waals surface area contributed by atoms with Gasteiger partial charge < -0.3 is 14.0 Å². The lowest BCUT2D eigenvalue weighted by atomic mass is 9.90. The van der Waals surface area contributed by atoms with Crippen LogP contribution in [-0.2, 0) is 6.54 Å². The Morgan fingerprint density at radius 3 is 1.87 bits per heavy atom. The molecule has 6 aromatic carbocycles. The molecule has 0 unspecified atom stereocenters. The predicted octanol–water partition coefficient (Wildman–Crippen LogP) is 17.9. The van der Waals surface area contributed by atoms with Gasteiger partial charge in [0.05, 0.1) is 34.3 Å². The zero-order chi connectivity index (χ0) is 49.5. The van der Waals surface area contributed by atoms with Crippen LogP contribution in [0, 0.1) is 0 Å². The minimum atomic E-state index is 0.419. The molecule has 1 aliphatic heterocycles. The van der Waals surface area contributed by atoms with Gasteiger partial charge in [-0.1, -0.05) is 173 Å². The molecule has 10 rings (SSSR count). The van der Waals surface area contributed by atoms with Crippen molar-refractivity contribution in [1.82, 2.24) is 9.13 Å². The van der Waals surface area contributed by atoms with Gasteiger partial charge in [-0.15, -0.1) is 0 Å². The summed E-state index contributed by atoms with van der Waals surface area (Å²) in [5.74, 6) is 1.15. The third-order valence-electron chi connectivity index (χ3n) is 13.3. The number of aromatic nitrogens is 2. The van der Waals surface area contributed by atoms with Gasteiger partial charge in [0.1, 0.15) is 0 Å². The van der Waals surface area contributed by atoms with Crippen LogP contribution in [0.1, 0.15) is 108 Å². The molecule has 6 nitrogen and oxygen atoms in total. The first-order valence-corrected chi connectivity index (χ1v) is 25.5. The van der Waals surface area contributed by atoms with E-state index in [-0.39, 0.29) is 0 Å². The number of hydrogen-bond donors (Lipinski definition) is 0. The smallest absolute Gasteiger partial charge is 0.161 e. The Bertz CT molecular complexity index is 3270. The summed E-state index contributed by atoms with van der Waals surface area (Å²) < 4.78 is 5.24. The molecule has 0 N–H and O–H groups in total. The molecule has 0 amide bonds. The summed E-state index contributed by atoms with van der Waals surface area (Å²) in [5.41, 5.74) is 15.4. The number of nitrogens with zero attached hydrogens (tertiary/aromatic N) is 6. The number of amidine groups is 2. The molecule has 71 heavy (non-hydrogen) atoms. The maximum atomic E-state index is 5.08. The van der Waals surface area contributed by atoms with Crippen molar-refractivity contribution in [3.05, 3.63) is 228 Å². The zero-order valence-electron chi connectivity index (χ0n) is 42.5. The Hall–Kier alpha value is -7.83. The number of anilines is 2. The average Bonchev–Trinajstić information content (AvgIpc) is 3.95. The summed E-state index contributed by atoms with van der Waals surface area (Å²) in [6, 6.07) is 54.4. The van der Waals surface area contributed by atoms with Gasteiger partial charge >= 0.3 is 0 Å². The highest BCUT2D eigenvalue weighted by molar-refractivity contribution is 6.20. The molecular weight excluding hydrogens is 865 g/mol. The van der Waals surface area contributed by atoms with Crippen LogP contribution in [0.5, 0.6) is 0 Å². The van der Waals surface area contributed by atoms with Crippen molar-refractivity contribution in [3.8, 4) is 5.69 Å². The van der Waals surface area contributed by atoms with E-state index in [1.54, 1.807) is 0 Å². The highest BCUT2D eigenvalue weighted by atomic mass is 15.2. The number of benzene rings is 6. The molecule has 0 spiro atoms. The van der Waals surface area contributed by atoms with E-state index in [0.717, 1.165) is 28.8 Å². The second-order valence-electron chi connectivity index (χ2n) is 17.6. The van der Waals surface area contributed by atoms with E-state index < -0.39 is 0 Å². The summed E-state index contributed by atoms with van der Waals surface area (Å²) in [6.07, 6.45) is 23.8. The summed E-state index contributed by atoms with van der Waals surface area (Å²) in [7, 11) is 0. The lowest BCUT2D eigenvalue weighted by molar-refractivity contribution is 0.368. The van der Waals surface area contributed by atoms with Gasteiger partial charge in [-0.2, -0.15) is 0 Å². The van der Waals surface area contributed by atoms with Crippen molar-refractivity contribution >= 4 is 68.2 Å². The molecular formula is C65H68N6. The molecule has 2 aromatic heterocycles. The second-order valence-corrected chi connectivity index (χ2v) is 17.6. The number of rotatable bonds is 9. The van der Waals surface area contributed by atoms with E-state index in [0.29, 0.717) is 24.3 Å². The van der Waals surface area contributed by atoms with E-state index in [9.17, 15) is 0 Å². The number of aliphatic imine (C=N–C) groups is 3. The summed E-state index contributed by atoms with van der Waals surface area (Å²) in [5, 5.41) is 2.60. The Kier molecular flexibility index (Phi) is 16.9. The SMILES string of the molecule is C/C=C\C=C/C.C=NC(=NC(=NCc1ccccc1)c1ccc(N2/C(=C/C=C\C)C/C(=C\C)c3cc4c5c(c6ccccc6n5-c5ccccc5)n(C5CCCCC5)c4cc32)cc1)c1ccccc1.CC. The molecule has 1 saturated carbocycles. The highest BCUT2D eigenvalue weighted by Crippen LogP contribution is 2.50. The van der Waals surface area contributed by atoms with Gasteiger partial charge in [0.25, 0.3) is 0 Å². The molecule has 0 saturated heterocycles. The minimum Gasteiger partial charge on any atom is -0.335 e. The Morgan fingerprint density at radius 1 is 0.606 bits per heavy atom. The van der Waals surface area contributed by atoms with Crippen LogP contribution < -0.4 is 4.90 Å². The van der Waals surface area contributed by atoms with Crippen LogP contribution in [0.15, 0.2) is 221 Å². The molecule has 6 heteroatoms. The number of fused-ring (bicyclic) bond motifs is 6. The first-order valence-electron chi connectivity index (χ1n) is 25.5. The zero-order valence-corrected chi connectivity index (χ0v) is 42.5. The van der Waals surface area contributed by atoms with Gasteiger partial charge in [0, 0.05) is 57.0 Å². The minimum absolute atomic E-state index is 0.419. The highest BCUT2D eigenvalue weighted by Gasteiger charge is 2.31. The van der Waals surface area contributed by atoms with Crippen LogP contribution in [0.4, 0.5) is 11.4 Å². The van der Waals surface area contributed by atoms with Crippen molar-refractivity contribution in [2.75, 3.05) is 4.90 Å². The fourth-order valence-electron chi connectivity index (χ4n) is 10.0. The Morgan fingerprint density at radius 2 is 1.23 bits per heavy atom. The van der Waals surface area contributed by atoms with E-state index in [2.05, 4.69) is 167 Å².